The third-order valence-electron chi connectivity index (χ3n) is 4.80. The van der Waals surface area contributed by atoms with Gasteiger partial charge in [-0.15, -0.1) is 0 Å². The first kappa shape index (κ1) is 19.4. The molecule has 1 saturated heterocycles. The van der Waals surface area contributed by atoms with E-state index in [0.717, 1.165) is 37.3 Å². The van der Waals surface area contributed by atoms with Gasteiger partial charge in [0.05, 0.1) is 6.61 Å². The van der Waals surface area contributed by atoms with E-state index in [-0.39, 0.29) is 5.91 Å². The summed E-state index contributed by atoms with van der Waals surface area (Å²) in [5.41, 5.74) is 2.38. The lowest BCUT2D eigenvalue weighted by atomic mass is 10.2. The van der Waals surface area contributed by atoms with Crippen LogP contribution in [0.3, 0.4) is 0 Å². The number of nitrogens with zero attached hydrogens (tertiary/aromatic N) is 2. The van der Waals surface area contributed by atoms with E-state index in [1.165, 1.54) is 18.4 Å². The second-order valence-electron chi connectivity index (χ2n) is 6.94. The van der Waals surface area contributed by atoms with Crippen molar-refractivity contribution in [3.05, 3.63) is 59.8 Å². The van der Waals surface area contributed by atoms with Crippen LogP contribution < -0.4 is 10.2 Å². The van der Waals surface area contributed by atoms with Crippen LogP contribution in [0.5, 0.6) is 0 Å². The Morgan fingerprint density at radius 1 is 1.07 bits per heavy atom. The molecule has 1 aromatic carbocycles. The van der Waals surface area contributed by atoms with E-state index in [1.54, 1.807) is 0 Å². The zero-order valence-electron chi connectivity index (χ0n) is 15.9. The predicted molar refractivity (Wildman–Crippen MR) is 108 cm³/mol. The molecule has 0 unspecified atom stereocenters. The van der Waals surface area contributed by atoms with Crippen molar-refractivity contribution in [2.24, 2.45) is 0 Å². The summed E-state index contributed by atoms with van der Waals surface area (Å²) < 4.78 is 5.63. The first-order valence-corrected chi connectivity index (χ1v) is 9.89. The van der Waals surface area contributed by atoms with Crippen LogP contribution in [0.1, 0.15) is 36.8 Å². The molecule has 1 fully saturated rings. The summed E-state index contributed by atoms with van der Waals surface area (Å²) in [6, 6.07) is 14.3. The molecule has 144 valence electrons. The largest absolute Gasteiger partial charge is 0.381 e. The minimum atomic E-state index is 0.0706. The lowest BCUT2D eigenvalue weighted by molar-refractivity contribution is -0.121. The van der Waals surface area contributed by atoms with Gasteiger partial charge in [0, 0.05) is 38.9 Å². The standard InChI is InChI=1S/C22H29N3O2/c26-22(9-6-15-27-16-11-19-7-2-1-3-8-19)24-18-20-10-12-23-21(17-20)25-13-4-5-14-25/h1-3,7-8,10,12,17H,4-6,9,11,13-16,18H2,(H,24,26). The maximum atomic E-state index is 12.0. The van der Waals surface area contributed by atoms with Crippen molar-refractivity contribution in [2.75, 3.05) is 31.2 Å². The van der Waals surface area contributed by atoms with Gasteiger partial charge >= 0.3 is 0 Å². The summed E-state index contributed by atoms with van der Waals surface area (Å²) in [4.78, 5) is 18.8. The van der Waals surface area contributed by atoms with E-state index in [0.29, 0.717) is 26.2 Å². The molecule has 3 rings (SSSR count). The number of anilines is 1. The van der Waals surface area contributed by atoms with Gasteiger partial charge in [-0.2, -0.15) is 0 Å². The summed E-state index contributed by atoms with van der Waals surface area (Å²) in [5.74, 6) is 1.09. The molecule has 0 radical (unpaired) electrons. The highest BCUT2D eigenvalue weighted by Gasteiger charge is 2.13. The van der Waals surface area contributed by atoms with Crippen LogP contribution in [-0.2, 0) is 22.5 Å². The van der Waals surface area contributed by atoms with Gasteiger partial charge < -0.3 is 15.0 Å². The monoisotopic (exact) mass is 367 g/mol. The third-order valence-corrected chi connectivity index (χ3v) is 4.80. The van der Waals surface area contributed by atoms with Gasteiger partial charge in [-0.25, -0.2) is 4.98 Å². The topological polar surface area (TPSA) is 54.5 Å². The van der Waals surface area contributed by atoms with Gasteiger partial charge in [-0.05, 0) is 48.9 Å². The summed E-state index contributed by atoms with van der Waals surface area (Å²) in [7, 11) is 0. The molecule has 1 aliphatic heterocycles. The Morgan fingerprint density at radius 2 is 1.89 bits per heavy atom. The van der Waals surface area contributed by atoms with E-state index < -0.39 is 0 Å². The number of aromatic nitrogens is 1. The minimum absolute atomic E-state index is 0.0706. The molecule has 0 atom stereocenters. The fraction of sp³-hybridized carbons (Fsp3) is 0.455. The predicted octanol–water partition coefficient (Wildman–Crippen LogP) is 3.34. The van der Waals surface area contributed by atoms with Gasteiger partial charge in [-0.3, -0.25) is 4.79 Å². The smallest absolute Gasteiger partial charge is 0.220 e. The molecule has 2 heterocycles. The molecule has 1 amide bonds. The molecule has 0 saturated carbocycles. The molecule has 0 bridgehead atoms. The molecule has 5 heteroatoms. The normalized spacial score (nSPS) is 13.7. The van der Waals surface area contributed by atoms with E-state index in [1.807, 2.05) is 30.5 Å². The van der Waals surface area contributed by atoms with Crippen LogP contribution in [0.15, 0.2) is 48.7 Å². The fourth-order valence-electron chi connectivity index (χ4n) is 3.25. The van der Waals surface area contributed by atoms with Crippen LogP contribution in [-0.4, -0.2) is 37.2 Å². The van der Waals surface area contributed by atoms with E-state index in [2.05, 4.69) is 33.4 Å². The molecular formula is C22H29N3O2. The zero-order chi connectivity index (χ0) is 18.7. The average Bonchev–Trinajstić information content (AvgIpc) is 3.25. The van der Waals surface area contributed by atoms with E-state index in [4.69, 9.17) is 4.74 Å². The quantitative estimate of drug-likeness (QED) is 0.655. The van der Waals surface area contributed by atoms with Crippen molar-refractivity contribution in [1.82, 2.24) is 10.3 Å². The van der Waals surface area contributed by atoms with Crippen molar-refractivity contribution in [3.8, 4) is 0 Å². The first-order chi connectivity index (χ1) is 13.3. The molecule has 27 heavy (non-hydrogen) atoms. The first-order valence-electron chi connectivity index (χ1n) is 9.89. The Kier molecular flexibility index (Phi) is 7.66. The minimum Gasteiger partial charge on any atom is -0.381 e. The summed E-state index contributed by atoms with van der Waals surface area (Å²) in [5, 5.41) is 2.99. The zero-order valence-corrected chi connectivity index (χ0v) is 15.9. The Hall–Kier alpha value is -2.40. The summed E-state index contributed by atoms with van der Waals surface area (Å²) in [6.07, 6.45) is 6.45. The number of benzene rings is 1. The lowest BCUT2D eigenvalue weighted by Crippen LogP contribution is -2.23. The fourth-order valence-corrected chi connectivity index (χ4v) is 3.25. The van der Waals surface area contributed by atoms with Gasteiger partial charge in [0.2, 0.25) is 5.91 Å². The average molecular weight is 367 g/mol. The molecule has 0 spiro atoms. The summed E-state index contributed by atoms with van der Waals surface area (Å²) >= 11 is 0. The van der Waals surface area contributed by atoms with Crippen molar-refractivity contribution in [2.45, 2.75) is 38.6 Å². The van der Waals surface area contributed by atoms with Crippen LogP contribution in [0.2, 0.25) is 0 Å². The van der Waals surface area contributed by atoms with Crippen LogP contribution in [0.25, 0.3) is 0 Å². The Bertz CT molecular complexity index is 700. The molecule has 1 aliphatic rings. The van der Waals surface area contributed by atoms with Crippen LogP contribution in [0.4, 0.5) is 5.82 Å². The number of carbonyl (C=O) groups is 1. The molecule has 1 aromatic heterocycles. The van der Waals surface area contributed by atoms with Crippen molar-refractivity contribution < 1.29 is 9.53 Å². The molecular weight excluding hydrogens is 338 g/mol. The highest BCUT2D eigenvalue weighted by molar-refractivity contribution is 5.75. The van der Waals surface area contributed by atoms with Gasteiger partial charge in [0.15, 0.2) is 0 Å². The maximum Gasteiger partial charge on any atom is 0.220 e. The number of nitrogens with one attached hydrogen (secondary N) is 1. The van der Waals surface area contributed by atoms with E-state index >= 15 is 0 Å². The molecule has 0 aliphatic carbocycles. The second-order valence-corrected chi connectivity index (χ2v) is 6.94. The highest BCUT2D eigenvalue weighted by Crippen LogP contribution is 2.18. The third kappa shape index (κ3) is 6.68. The van der Waals surface area contributed by atoms with Gasteiger partial charge in [0.1, 0.15) is 5.82 Å². The Labute approximate surface area is 161 Å². The number of ether oxygens (including phenoxy) is 1. The number of amides is 1. The van der Waals surface area contributed by atoms with Crippen molar-refractivity contribution in [3.63, 3.8) is 0 Å². The number of rotatable bonds is 10. The molecule has 2 aromatic rings. The van der Waals surface area contributed by atoms with Crippen LogP contribution >= 0.6 is 0 Å². The van der Waals surface area contributed by atoms with Crippen molar-refractivity contribution >= 4 is 11.7 Å². The maximum absolute atomic E-state index is 12.0. The van der Waals surface area contributed by atoms with Gasteiger partial charge in [-0.1, -0.05) is 30.3 Å². The highest BCUT2D eigenvalue weighted by atomic mass is 16.5. The van der Waals surface area contributed by atoms with Crippen molar-refractivity contribution in [1.29, 1.82) is 0 Å². The van der Waals surface area contributed by atoms with E-state index in [9.17, 15) is 4.79 Å². The number of pyridine rings is 1. The second kappa shape index (κ2) is 10.7. The Balaban J connectivity index is 1.28. The summed E-state index contributed by atoms with van der Waals surface area (Å²) in [6.45, 7) is 4.02. The van der Waals surface area contributed by atoms with Gasteiger partial charge in [0.25, 0.3) is 0 Å². The molecule has 1 N–H and O–H groups in total. The molecule has 5 nitrogen and oxygen atoms in total. The number of hydrogen-bond acceptors (Lipinski definition) is 4. The number of hydrogen-bond donors (Lipinski definition) is 1. The lowest BCUT2D eigenvalue weighted by Gasteiger charge is -2.17. The number of carbonyl (C=O) groups excluding carboxylic acids is 1. The van der Waals surface area contributed by atoms with Crippen LogP contribution in [0, 0.1) is 0 Å². The Morgan fingerprint density at radius 3 is 2.70 bits per heavy atom. The SMILES string of the molecule is O=C(CCCOCCc1ccccc1)NCc1ccnc(N2CCCC2)c1.